The van der Waals surface area contributed by atoms with Crippen molar-refractivity contribution in [3.8, 4) is 17.1 Å². The number of benzene rings is 1. The van der Waals surface area contributed by atoms with Gasteiger partial charge < -0.3 is 25.2 Å². The van der Waals surface area contributed by atoms with E-state index < -0.39 is 12.2 Å². The number of aliphatic hydroxyl groups excluding tert-OH is 2. The molecule has 0 bridgehead atoms. The summed E-state index contributed by atoms with van der Waals surface area (Å²) in [5, 5.41) is 36.4. The smallest absolute Gasteiger partial charge is 0.170 e. The van der Waals surface area contributed by atoms with Crippen molar-refractivity contribution in [3.05, 3.63) is 36.0 Å². The predicted octanol–water partition coefficient (Wildman–Crippen LogP) is 1.05. The van der Waals surface area contributed by atoms with Gasteiger partial charge in [0.15, 0.2) is 5.76 Å². The van der Waals surface area contributed by atoms with Crippen LogP contribution in [0.1, 0.15) is 18.1 Å². The SMILES string of the molecule is CNCCC(O)C(O)c1ccc(O)c(-c2ccno2)c1. The zero-order chi connectivity index (χ0) is 14.5. The Labute approximate surface area is 116 Å². The molecular formula is C14H18N2O4. The van der Waals surface area contributed by atoms with Gasteiger partial charge in [0, 0.05) is 6.07 Å². The Kier molecular flexibility index (Phi) is 4.73. The molecule has 0 spiro atoms. The number of nitrogens with zero attached hydrogens (tertiary/aromatic N) is 1. The van der Waals surface area contributed by atoms with Crippen molar-refractivity contribution < 1.29 is 19.8 Å². The molecule has 1 aromatic heterocycles. The molecule has 0 aliphatic carbocycles. The molecule has 0 fully saturated rings. The third-order valence-electron chi connectivity index (χ3n) is 3.12. The molecule has 1 heterocycles. The van der Waals surface area contributed by atoms with Crippen LogP contribution in [0.15, 0.2) is 35.0 Å². The van der Waals surface area contributed by atoms with Crippen LogP contribution >= 0.6 is 0 Å². The van der Waals surface area contributed by atoms with Crippen LogP contribution in [-0.2, 0) is 0 Å². The Balaban J connectivity index is 2.23. The van der Waals surface area contributed by atoms with Gasteiger partial charge in [-0.05, 0) is 37.7 Å². The highest BCUT2D eigenvalue weighted by atomic mass is 16.5. The molecule has 108 valence electrons. The number of aromatic nitrogens is 1. The number of hydrogen-bond donors (Lipinski definition) is 4. The largest absolute Gasteiger partial charge is 0.507 e. The third kappa shape index (κ3) is 3.16. The number of phenols is 1. The molecule has 2 unspecified atom stereocenters. The number of aliphatic hydroxyl groups is 2. The molecule has 2 atom stereocenters. The van der Waals surface area contributed by atoms with Gasteiger partial charge in [-0.1, -0.05) is 11.2 Å². The summed E-state index contributed by atoms with van der Waals surface area (Å²) in [5.74, 6) is 0.434. The molecule has 2 rings (SSSR count). The molecule has 0 aliphatic heterocycles. The molecule has 4 N–H and O–H groups in total. The van der Waals surface area contributed by atoms with Crippen molar-refractivity contribution in [3.63, 3.8) is 0 Å². The molecule has 2 aromatic rings. The van der Waals surface area contributed by atoms with Crippen molar-refractivity contribution in [2.24, 2.45) is 0 Å². The molecule has 0 saturated heterocycles. The minimum Gasteiger partial charge on any atom is -0.507 e. The zero-order valence-electron chi connectivity index (χ0n) is 11.2. The van der Waals surface area contributed by atoms with Crippen molar-refractivity contribution in [1.29, 1.82) is 0 Å². The fraction of sp³-hybridized carbons (Fsp3) is 0.357. The van der Waals surface area contributed by atoms with Crippen LogP contribution in [0.2, 0.25) is 0 Å². The van der Waals surface area contributed by atoms with Crippen LogP contribution in [-0.4, -0.2) is 40.2 Å². The second kappa shape index (κ2) is 6.51. The Morgan fingerprint density at radius 2 is 2.10 bits per heavy atom. The van der Waals surface area contributed by atoms with Crippen molar-refractivity contribution in [1.82, 2.24) is 10.5 Å². The minimum absolute atomic E-state index is 0.0300. The zero-order valence-corrected chi connectivity index (χ0v) is 11.2. The van der Waals surface area contributed by atoms with E-state index in [1.807, 2.05) is 0 Å². The highest BCUT2D eigenvalue weighted by Gasteiger charge is 2.20. The monoisotopic (exact) mass is 278 g/mol. The molecule has 0 aliphatic rings. The topological polar surface area (TPSA) is 98.8 Å². The first-order valence-electron chi connectivity index (χ1n) is 6.38. The average Bonchev–Trinajstić information content (AvgIpc) is 2.98. The van der Waals surface area contributed by atoms with Crippen LogP contribution in [0, 0.1) is 0 Å². The highest BCUT2D eigenvalue weighted by Crippen LogP contribution is 2.32. The van der Waals surface area contributed by atoms with Gasteiger partial charge in [-0.3, -0.25) is 0 Å². The second-order valence-corrected chi connectivity index (χ2v) is 4.56. The summed E-state index contributed by atoms with van der Waals surface area (Å²) < 4.78 is 5.00. The Bertz CT molecular complexity index is 542. The molecule has 0 saturated carbocycles. The second-order valence-electron chi connectivity index (χ2n) is 4.56. The number of rotatable bonds is 6. The van der Waals surface area contributed by atoms with Crippen molar-refractivity contribution >= 4 is 0 Å². The van der Waals surface area contributed by atoms with Gasteiger partial charge in [-0.25, -0.2) is 0 Å². The summed E-state index contributed by atoms with van der Waals surface area (Å²) in [4.78, 5) is 0. The van der Waals surface area contributed by atoms with E-state index in [-0.39, 0.29) is 5.75 Å². The van der Waals surface area contributed by atoms with Crippen LogP contribution in [0.4, 0.5) is 0 Å². The van der Waals surface area contributed by atoms with Crippen LogP contribution in [0.5, 0.6) is 5.75 Å². The molecule has 20 heavy (non-hydrogen) atoms. The summed E-state index contributed by atoms with van der Waals surface area (Å²) in [6, 6.07) is 6.23. The standard InChI is InChI=1S/C14H18N2O4/c1-15-6-4-12(18)14(19)9-2-3-11(17)10(8-9)13-5-7-16-20-13/h2-3,5,7-8,12,14-15,17-19H,4,6H2,1H3. The van der Waals surface area contributed by atoms with Gasteiger partial charge >= 0.3 is 0 Å². The summed E-state index contributed by atoms with van der Waals surface area (Å²) in [6.45, 7) is 0.602. The van der Waals surface area contributed by atoms with Crippen LogP contribution < -0.4 is 5.32 Å². The average molecular weight is 278 g/mol. The Morgan fingerprint density at radius 1 is 1.30 bits per heavy atom. The minimum atomic E-state index is -1.02. The molecule has 6 nitrogen and oxygen atoms in total. The van der Waals surface area contributed by atoms with Crippen LogP contribution in [0.25, 0.3) is 11.3 Å². The number of nitrogens with one attached hydrogen (secondary N) is 1. The Hall–Kier alpha value is -1.89. The maximum atomic E-state index is 10.1. The first-order valence-corrected chi connectivity index (χ1v) is 6.38. The first kappa shape index (κ1) is 14.5. The quantitative estimate of drug-likeness (QED) is 0.630. The summed E-state index contributed by atoms with van der Waals surface area (Å²) >= 11 is 0. The van der Waals surface area contributed by atoms with E-state index in [0.29, 0.717) is 29.9 Å². The molecular weight excluding hydrogens is 260 g/mol. The normalized spacial score (nSPS) is 14.2. The maximum Gasteiger partial charge on any atom is 0.170 e. The van der Waals surface area contributed by atoms with Gasteiger partial charge in [0.05, 0.1) is 17.9 Å². The number of aromatic hydroxyl groups is 1. The summed E-state index contributed by atoms with van der Waals surface area (Å²) in [7, 11) is 1.78. The summed E-state index contributed by atoms with van der Waals surface area (Å²) in [6.07, 6.45) is -0.00397. The lowest BCUT2D eigenvalue weighted by atomic mass is 9.99. The van der Waals surface area contributed by atoms with Crippen molar-refractivity contribution in [2.75, 3.05) is 13.6 Å². The van der Waals surface area contributed by atoms with E-state index in [1.165, 1.54) is 12.3 Å². The molecule has 6 heteroatoms. The fourth-order valence-electron chi connectivity index (χ4n) is 1.96. The summed E-state index contributed by atoms with van der Waals surface area (Å²) in [5.41, 5.74) is 0.942. The lowest BCUT2D eigenvalue weighted by molar-refractivity contribution is 0.0140. The highest BCUT2D eigenvalue weighted by molar-refractivity contribution is 5.66. The van der Waals surface area contributed by atoms with Gasteiger partial charge in [0.2, 0.25) is 0 Å². The number of phenolic OH excluding ortho intramolecular Hbond substituents is 1. The lowest BCUT2D eigenvalue weighted by Crippen LogP contribution is -2.23. The lowest BCUT2D eigenvalue weighted by Gasteiger charge is -2.18. The maximum absolute atomic E-state index is 10.1. The van der Waals surface area contributed by atoms with E-state index in [1.54, 1.807) is 25.2 Å². The Morgan fingerprint density at radius 3 is 2.75 bits per heavy atom. The molecule has 1 aromatic carbocycles. The van der Waals surface area contributed by atoms with Gasteiger partial charge in [0.1, 0.15) is 11.9 Å². The fourth-order valence-corrected chi connectivity index (χ4v) is 1.96. The first-order chi connectivity index (χ1) is 9.63. The molecule has 0 radical (unpaired) electrons. The van der Waals surface area contributed by atoms with E-state index in [2.05, 4.69) is 10.5 Å². The van der Waals surface area contributed by atoms with Crippen molar-refractivity contribution in [2.45, 2.75) is 18.6 Å². The van der Waals surface area contributed by atoms with Gasteiger partial charge in [-0.2, -0.15) is 0 Å². The third-order valence-corrected chi connectivity index (χ3v) is 3.12. The van der Waals surface area contributed by atoms with E-state index in [0.717, 1.165) is 0 Å². The van der Waals surface area contributed by atoms with E-state index >= 15 is 0 Å². The molecule has 0 amide bonds. The van der Waals surface area contributed by atoms with E-state index in [9.17, 15) is 15.3 Å². The van der Waals surface area contributed by atoms with Crippen LogP contribution in [0.3, 0.4) is 0 Å². The van der Waals surface area contributed by atoms with Gasteiger partial charge in [-0.15, -0.1) is 0 Å². The predicted molar refractivity (Wildman–Crippen MR) is 73.1 cm³/mol. The van der Waals surface area contributed by atoms with Gasteiger partial charge in [0.25, 0.3) is 0 Å². The number of hydrogen-bond acceptors (Lipinski definition) is 6. The van der Waals surface area contributed by atoms with E-state index in [4.69, 9.17) is 4.52 Å².